The van der Waals surface area contributed by atoms with Crippen molar-refractivity contribution in [1.29, 1.82) is 0 Å². The maximum absolute atomic E-state index is 10.2. The summed E-state index contributed by atoms with van der Waals surface area (Å²) in [6.45, 7) is 2.22. The zero-order chi connectivity index (χ0) is 14.2. The van der Waals surface area contributed by atoms with Gasteiger partial charge < -0.3 is 9.84 Å². The molecule has 0 aliphatic heterocycles. The Morgan fingerprint density at radius 3 is 2.45 bits per heavy atom. The fraction of sp³-hybridized carbons (Fsp3) is 0.667. The molecule has 0 aromatic heterocycles. The predicted octanol–water partition coefficient (Wildman–Crippen LogP) is 4.49. The van der Waals surface area contributed by atoms with Crippen molar-refractivity contribution < 1.29 is 9.84 Å². The highest BCUT2D eigenvalue weighted by molar-refractivity contribution is 5.27. The highest BCUT2D eigenvalue weighted by atomic mass is 16.5. The van der Waals surface area contributed by atoms with Gasteiger partial charge in [0.1, 0.15) is 11.9 Å². The maximum Gasteiger partial charge on any atom is 0.124 e. The molecule has 112 valence electrons. The number of aryl methyl sites for hydroxylation is 1. The second-order valence-electron chi connectivity index (χ2n) is 5.96. The molecular weight excluding hydrogens is 248 g/mol. The summed E-state index contributed by atoms with van der Waals surface area (Å²) in [6, 6.07) is 8.41. The molecule has 0 saturated heterocycles. The van der Waals surface area contributed by atoms with Crippen molar-refractivity contribution in [1.82, 2.24) is 0 Å². The molecule has 1 aliphatic rings. The fourth-order valence-electron chi connectivity index (χ4n) is 2.86. The quantitative estimate of drug-likeness (QED) is 0.858. The van der Waals surface area contributed by atoms with Gasteiger partial charge in [-0.1, -0.05) is 44.7 Å². The fourth-order valence-corrected chi connectivity index (χ4v) is 2.86. The van der Waals surface area contributed by atoms with Gasteiger partial charge in [-0.3, -0.25) is 0 Å². The molecule has 1 aromatic carbocycles. The van der Waals surface area contributed by atoms with Gasteiger partial charge >= 0.3 is 0 Å². The summed E-state index contributed by atoms with van der Waals surface area (Å²) in [5, 5.41) is 10.2. The number of ether oxygens (including phenoxy) is 1. The monoisotopic (exact) mass is 276 g/mol. The molecule has 2 atom stereocenters. The van der Waals surface area contributed by atoms with E-state index in [1.165, 1.54) is 31.2 Å². The standard InChI is InChI=1S/C18H28O2/c1-2-3-8-15-11-13-16(14-12-15)20-18-10-7-5-4-6-9-17(18)19/h11-14,17-19H,2-10H2,1H3. The van der Waals surface area contributed by atoms with Crippen LogP contribution in [0.15, 0.2) is 24.3 Å². The van der Waals surface area contributed by atoms with E-state index in [1.54, 1.807) is 0 Å². The van der Waals surface area contributed by atoms with E-state index in [1.807, 2.05) is 0 Å². The number of hydrogen-bond donors (Lipinski definition) is 1. The molecule has 0 bridgehead atoms. The Bertz CT molecular complexity index is 372. The molecule has 20 heavy (non-hydrogen) atoms. The Morgan fingerprint density at radius 2 is 1.75 bits per heavy atom. The molecule has 2 nitrogen and oxygen atoms in total. The molecule has 1 aromatic rings. The van der Waals surface area contributed by atoms with Crippen molar-refractivity contribution >= 4 is 0 Å². The van der Waals surface area contributed by atoms with E-state index in [0.717, 1.165) is 37.9 Å². The lowest BCUT2D eigenvalue weighted by atomic mass is 9.96. The van der Waals surface area contributed by atoms with Crippen LogP contribution in [0.5, 0.6) is 5.75 Å². The first-order valence-electron chi connectivity index (χ1n) is 8.23. The van der Waals surface area contributed by atoms with Gasteiger partial charge in [0.15, 0.2) is 0 Å². The van der Waals surface area contributed by atoms with E-state index < -0.39 is 0 Å². The third-order valence-corrected chi connectivity index (χ3v) is 4.20. The molecule has 0 spiro atoms. The normalized spacial score (nSPS) is 23.9. The number of aliphatic hydroxyl groups excluding tert-OH is 1. The van der Waals surface area contributed by atoms with Crippen LogP contribution < -0.4 is 4.74 Å². The largest absolute Gasteiger partial charge is 0.488 e. The number of benzene rings is 1. The van der Waals surface area contributed by atoms with E-state index in [2.05, 4.69) is 31.2 Å². The Kier molecular flexibility index (Phi) is 6.38. The van der Waals surface area contributed by atoms with E-state index in [-0.39, 0.29) is 12.2 Å². The van der Waals surface area contributed by atoms with Gasteiger partial charge in [0.05, 0.1) is 6.10 Å². The lowest BCUT2D eigenvalue weighted by Gasteiger charge is -2.26. The van der Waals surface area contributed by atoms with Gasteiger partial charge in [0, 0.05) is 0 Å². The third-order valence-electron chi connectivity index (χ3n) is 4.20. The molecule has 1 N–H and O–H groups in total. The van der Waals surface area contributed by atoms with Crippen LogP contribution in [0.2, 0.25) is 0 Å². The summed E-state index contributed by atoms with van der Waals surface area (Å²) in [5.41, 5.74) is 1.37. The molecule has 1 fully saturated rings. The van der Waals surface area contributed by atoms with Crippen LogP contribution in [0.4, 0.5) is 0 Å². The molecular formula is C18H28O2. The summed E-state index contributed by atoms with van der Waals surface area (Å²) < 4.78 is 6.01. The zero-order valence-electron chi connectivity index (χ0n) is 12.7. The molecule has 0 amide bonds. The van der Waals surface area contributed by atoms with Gasteiger partial charge in [0.25, 0.3) is 0 Å². The highest BCUT2D eigenvalue weighted by Crippen LogP contribution is 2.23. The SMILES string of the molecule is CCCCc1ccc(OC2CCCCCCC2O)cc1. The van der Waals surface area contributed by atoms with Crippen molar-refractivity contribution in [2.24, 2.45) is 0 Å². The van der Waals surface area contributed by atoms with Gasteiger partial charge in [-0.2, -0.15) is 0 Å². The van der Waals surface area contributed by atoms with E-state index in [0.29, 0.717) is 0 Å². The predicted molar refractivity (Wildman–Crippen MR) is 83.2 cm³/mol. The zero-order valence-corrected chi connectivity index (χ0v) is 12.7. The van der Waals surface area contributed by atoms with Crippen LogP contribution in [-0.2, 0) is 6.42 Å². The summed E-state index contributed by atoms with van der Waals surface area (Å²) in [5.74, 6) is 0.898. The highest BCUT2D eigenvalue weighted by Gasteiger charge is 2.22. The second-order valence-corrected chi connectivity index (χ2v) is 5.96. The molecule has 0 heterocycles. The van der Waals surface area contributed by atoms with Crippen LogP contribution in [-0.4, -0.2) is 17.3 Å². The van der Waals surface area contributed by atoms with Crippen LogP contribution in [0.25, 0.3) is 0 Å². The molecule has 2 heteroatoms. The minimum Gasteiger partial charge on any atom is -0.488 e. The van der Waals surface area contributed by atoms with Crippen LogP contribution >= 0.6 is 0 Å². The second kappa shape index (κ2) is 8.31. The minimum atomic E-state index is -0.310. The average Bonchev–Trinajstić information content (AvgIpc) is 2.46. The number of aliphatic hydroxyl groups is 1. The van der Waals surface area contributed by atoms with Crippen molar-refractivity contribution in [3.63, 3.8) is 0 Å². The van der Waals surface area contributed by atoms with E-state index in [4.69, 9.17) is 4.74 Å². The first-order valence-corrected chi connectivity index (χ1v) is 8.23. The first-order chi connectivity index (χ1) is 9.79. The van der Waals surface area contributed by atoms with Gasteiger partial charge in [-0.15, -0.1) is 0 Å². The molecule has 0 radical (unpaired) electrons. The Labute approximate surface area is 123 Å². The van der Waals surface area contributed by atoms with Gasteiger partial charge in [-0.05, 0) is 49.8 Å². The Hall–Kier alpha value is -1.02. The summed E-state index contributed by atoms with van der Waals surface area (Å²) in [4.78, 5) is 0. The van der Waals surface area contributed by atoms with E-state index in [9.17, 15) is 5.11 Å². The Morgan fingerprint density at radius 1 is 1.05 bits per heavy atom. The number of hydrogen-bond acceptors (Lipinski definition) is 2. The smallest absolute Gasteiger partial charge is 0.124 e. The lowest BCUT2D eigenvalue weighted by Crippen LogP contribution is -2.32. The summed E-state index contributed by atoms with van der Waals surface area (Å²) in [6.07, 6.45) is 9.91. The number of rotatable bonds is 5. The number of unbranched alkanes of at least 4 members (excludes halogenated alkanes) is 1. The Balaban J connectivity index is 1.90. The van der Waals surface area contributed by atoms with Crippen LogP contribution in [0.1, 0.15) is 63.9 Å². The summed E-state index contributed by atoms with van der Waals surface area (Å²) in [7, 11) is 0. The topological polar surface area (TPSA) is 29.5 Å². The van der Waals surface area contributed by atoms with Crippen molar-refractivity contribution in [2.75, 3.05) is 0 Å². The van der Waals surface area contributed by atoms with Crippen molar-refractivity contribution in [3.8, 4) is 5.75 Å². The van der Waals surface area contributed by atoms with Gasteiger partial charge in [0.2, 0.25) is 0 Å². The minimum absolute atomic E-state index is 0.0307. The van der Waals surface area contributed by atoms with Crippen molar-refractivity contribution in [3.05, 3.63) is 29.8 Å². The van der Waals surface area contributed by atoms with E-state index >= 15 is 0 Å². The summed E-state index contributed by atoms with van der Waals surface area (Å²) >= 11 is 0. The lowest BCUT2D eigenvalue weighted by molar-refractivity contribution is 0.0187. The van der Waals surface area contributed by atoms with Crippen LogP contribution in [0.3, 0.4) is 0 Å². The average molecular weight is 276 g/mol. The van der Waals surface area contributed by atoms with Gasteiger partial charge in [-0.25, -0.2) is 0 Å². The maximum atomic E-state index is 10.2. The van der Waals surface area contributed by atoms with Crippen molar-refractivity contribution in [2.45, 2.75) is 76.9 Å². The molecule has 1 aliphatic carbocycles. The first kappa shape index (κ1) is 15.4. The molecule has 1 saturated carbocycles. The third kappa shape index (κ3) is 4.82. The molecule has 2 unspecified atom stereocenters. The molecule has 2 rings (SSSR count). The van der Waals surface area contributed by atoms with Crippen LogP contribution in [0, 0.1) is 0 Å².